The van der Waals surface area contributed by atoms with E-state index in [1.54, 1.807) is 0 Å². The van der Waals surface area contributed by atoms with E-state index in [0.717, 1.165) is 23.4 Å². The summed E-state index contributed by atoms with van der Waals surface area (Å²) in [5.41, 5.74) is 1.27. The average molecular weight is 304 g/mol. The maximum atomic E-state index is 4.24. The number of aromatic nitrogens is 3. The van der Waals surface area contributed by atoms with Crippen LogP contribution in [0.2, 0.25) is 0 Å². The minimum absolute atomic E-state index is 0.950. The quantitative estimate of drug-likeness (QED) is 0.725. The molecule has 3 aromatic rings. The molecule has 18 heavy (non-hydrogen) atoms. The zero-order chi connectivity index (χ0) is 12.5. The van der Waals surface area contributed by atoms with E-state index in [1.807, 2.05) is 19.3 Å². The molecular formula is C14H14BrN3. The topological polar surface area (TPSA) is 22.8 Å². The highest BCUT2D eigenvalue weighted by molar-refractivity contribution is 9.10. The maximum absolute atomic E-state index is 4.24. The van der Waals surface area contributed by atoms with Gasteiger partial charge in [-0.05, 0) is 31.2 Å². The average Bonchev–Trinajstić information content (AvgIpc) is 2.93. The lowest BCUT2D eigenvalue weighted by molar-refractivity contribution is 0.580. The molecule has 0 unspecified atom stereocenters. The molecule has 3 rings (SSSR count). The molecule has 0 fully saturated rings. The SMILES string of the molecule is Cc1nccn1CCn1ccc2cc(Br)ccc21. The van der Waals surface area contributed by atoms with Crippen molar-refractivity contribution in [1.29, 1.82) is 0 Å². The fraction of sp³-hybridized carbons (Fsp3) is 0.214. The molecule has 3 nitrogen and oxygen atoms in total. The second kappa shape index (κ2) is 4.61. The highest BCUT2D eigenvalue weighted by atomic mass is 79.9. The van der Waals surface area contributed by atoms with Gasteiger partial charge in [0.05, 0.1) is 0 Å². The predicted octanol–water partition coefficient (Wildman–Crippen LogP) is 3.61. The largest absolute Gasteiger partial charge is 0.346 e. The number of halogens is 1. The minimum atomic E-state index is 0.950. The van der Waals surface area contributed by atoms with Crippen molar-refractivity contribution in [3.05, 3.63) is 53.2 Å². The van der Waals surface area contributed by atoms with Crippen LogP contribution in [0.3, 0.4) is 0 Å². The molecule has 1 aromatic carbocycles. The lowest BCUT2D eigenvalue weighted by Gasteiger charge is -2.08. The lowest BCUT2D eigenvalue weighted by atomic mass is 10.2. The van der Waals surface area contributed by atoms with E-state index in [0.29, 0.717) is 0 Å². The summed E-state index contributed by atoms with van der Waals surface area (Å²) in [6, 6.07) is 8.54. The van der Waals surface area contributed by atoms with Gasteiger partial charge in [-0.3, -0.25) is 0 Å². The second-order valence-corrected chi connectivity index (χ2v) is 5.30. The number of aryl methyl sites for hydroxylation is 3. The smallest absolute Gasteiger partial charge is 0.105 e. The molecule has 0 aliphatic carbocycles. The van der Waals surface area contributed by atoms with Crippen LogP contribution < -0.4 is 0 Å². The molecule has 0 saturated heterocycles. The Hall–Kier alpha value is -1.55. The second-order valence-electron chi connectivity index (χ2n) is 4.38. The summed E-state index contributed by atoms with van der Waals surface area (Å²) < 4.78 is 5.57. The Morgan fingerprint density at radius 2 is 1.94 bits per heavy atom. The van der Waals surface area contributed by atoms with Crippen molar-refractivity contribution < 1.29 is 0 Å². The number of hydrogen-bond acceptors (Lipinski definition) is 1. The molecule has 0 spiro atoms. The monoisotopic (exact) mass is 303 g/mol. The molecule has 0 atom stereocenters. The van der Waals surface area contributed by atoms with Crippen LogP contribution >= 0.6 is 15.9 Å². The van der Waals surface area contributed by atoms with Gasteiger partial charge in [0, 0.05) is 47.1 Å². The third-order valence-corrected chi connectivity index (χ3v) is 3.73. The Balaban J connectivity index is 1.85. The fourth-order valence-electron chi connectivity index (χ4n) is 2.22. The van der Waals surface area contributed by atoms with Gasteiger partial charge in [-0.2, -0.15) is 0 Å². The van der Waals surface area contributed by atoms with E-state index in [4.69, 9.17) is 0 Å². The van der Waals surface area contributed by atoms with Crippen molar-refractivity contribution in [2.75, 3.05) is 0 Å². The number of nitrogens with zero attached hydrogens (tertiary/aromatic N) is 3. The number of imidazole rings is 1. The highest BCUT2D eigenvalue weighted by Crippen LogP contribution is 2.20. The molecule has 2 heterocycles. The molecule has 0 radical (unpaired) electrons. The van der Waals surface area contributed by atoms with Crippen LogP contribution in [0, 0.1) is 6.92 Å². The molecule has 0 bridgehead atoms. The predicted molar refractivity (Wildman–Crippen MR) is 76.6 cm³/mol. The van der Waals surface area contributed by atoms with Crippen molar-refractivity contribution in [2.24, 2.45) is 0 Å². The molecule has 0 amide bonds. The zero-order valence-corrected chi connectivity index (χ0v) is 11.8. The summed E-state index contributed by atoms with van der Waals surface area (Å²) in [6.45, 7) is 3.94. The lowest BCUT2D eigenvalue weighted by Crippen LogP contribution is -2.07. The Morgan fingerprint density at radius 1 is 1.11 bits per heavy atom. The van der Waals surface area contributed by atoms with E-state index in [2.05, 4.69) is 60.5 Å². The molecule has 92 valence electrons. The first kappa shape index (κ1) is 11.5. The molecule has 0 saturated carbocycles. The number of rotatable bonds is 3. The van der Waals surface area contributed by atoms with Gasteiger partial charge in [0.25, 0.3) is 0 Å². The van der Waals surface area contributed by atoms with Crippen LogP contribution in [0.1, 0.15) is 5.82 Å². The molecular weight excluding hydrogens is 290 g/mol. The maximum Gasteiger partial charge on any atom is 0.105 e. The molecule has 0 aliphatic rings. The van der Waals surface area contributed by atoms with E-state index < -0.39 is 0 Å². The van der Waals surface area contributed by atoms with Crippen LogP contribution in [-0.2, 0) is 13.1 Å². The van der Waals surface area contributed by atoms with Crippen molar-refractivity contribution in [1.82, 2.24) is 14.1 Å². The summed E-state index contributed by atoms with van der Waals surface area (Å²) in [6.07, 6.45) is 6.02. The number of fused-ring (bicyclic) bond motifs is 1. The number of hydrogen-bond donors (Lipinski definition) is 0. The van der Waals surface area contributed by atoms with Crippen molar-refractivity contribution in [3.8, 4) is 0 Å². The Bertz CT molecular complexity index is 681. The van der Waals surface area contributed by atoms with Gasteiger partial charge in [-0.15, -0.1) is 0 Å². The van der Waals surface area contributed by atoms with Crippen LogP contribution in [0.25, 0.3) is 10.9 Å². The van der Waals surface area contributed by atoms with Crippen molar-refractivity contribution in [3.63, 3.8) is 0 Å². The first-order chi connectivity index (χ1) is 8.74. The summed E-state index contributed by atoms with van der Waals surface area (Å²) in [4.78, 5) is 4.24. The van der Waals surface area contributed by atoms with Gasteiger partial charge in [-0.25, -0.2) is 4.98 Å². The van der Waals surface area contributed by atoms with Gasteiger partial charge >= 0.3 is 0 Å². The van der Waals surface area contributed by atoms with Gasteiger partial charge < -0.3 is 9.13 Å². The first-order valence-corrected chi connectivity index (χ1v) is 6.75. The highest BCUT2D eigenvalue weighted by Gasteiger charge is 2.02. The fourth-order valence-corrected chi connectivity index (χ4v) is 2.60. The molecule has 4 heteroatoms. The Kier molecular flexibility index (Phi) is 2.96. The molecule has 0 aliphatic heterocycles. The standard InChI is InChI=1S/C14H14BrN3/c1-11-16-5-7-17(11)8-9-18-6-4-12-10-13(15)2-3-14(12)18/h2-7,10H,8-9H2,1H3. The van der Waals surface area contributed by atoms with Crippen LogP contribution in [0.15, 0.2) is 47.3 Å². The van der Waals surface area contributed by atoms with E-state index in [1.165, 1.54) is 10.9 Å². The third kappa shape index (κ3) is 2.08. The summed E-state index contributed by atoms with van der Waals surface area (Å²) >= 11 is 3.50. The van der Waals surface area contributed by atoms with Gasteiger partial charge in [-0.1, -0.05) is 15.9 Å². The Labute approximate surface area is 114 Å². The first-order valence-electron chi connectivity index (χ1n) is 5.96. The van der Waals surface area contributed by atoms with Crippen LogP contribution in [0.4, 0.5) is 0 Å². The van der Waals surface area contributed by atoms with Gasteiger partial charge in [0.15, 0.2) is 0 Å². The summed E-state index contributed by atoms with van der Waals surface area (Å²) in [5, 5.41) is 1.27. The third-order valence-electron chi connectivity index (χ3n) is 3.24. The zero-order valence-electron chi connectivity index (χ0n) is 10.2. The van der Waals surface area contributed by atoms with E-state index in [-0.39, 0.29) is 0 Å². The van der Waals surface area contributed by atoms with Crippen molar-refractivity contribution in [2.45, 2.75) is 20.0 Å². The number of benzene rings is 1. The summed E-state index contributed by atoms with van der Waals surface area (Å²) in [5.74, 6) is 1.06. The van der Waals surface area contributed by atoms with Gasteiger partial charge in [0.1, 0.15) is 5.82 Å². The molecule has 2 aromatic heterocycles. The minimum Gasteiger partial charge on any atom is -0.346 e. The van der Waals surface area contributed by atoms with Gasteiger partial charge in [0.2, 0.25) is 0 Å². The molecule has 0 N–H and O–H groups in total. The summed E-state index contributed by atoms with van der Waals surface area (Å²) in [7, 11) is 0. The van der Waals surface area contributed by atoms with E-state index in [9.17, 15) is 0 Å². The van der Waals surface area contributed by atoms with Crippen LogP contribution in [0.5, 0.6) is 0 Å². The Morgan fingerprint density at radius 3 is 2.72 bits per heavy atom. The van der Waals surface area contributed by atoms with Crippen molar-refractivity contribution >= 4 is 26.8 Å². The normalized spacial score (nSPS) is 11.2. The van der Waals surface area contributed by atoms with Crippen LogP contribution in [-0.4, -0.2) is 14.1 Å². The van der Waals surface area contributed by atoms with E-state index >= 15 is 0 Å².